The van der Waals surface area contributed by atoms with Crippen molar-refractivity contribution in [3.63, 3.8) is 0 Å². The van der Waals surface area contributed by atoms with E-state index in [-0.39, 0.29) is 28.2 Å². The molecule has 0 radical (unpaired) electrons. The fourth-order valence-corrected chi connectivity index (χ4v) is 5.48. The number of hydrogen-bond acceptors (Lipinski definition) is 6. The maximum atomic E-state index is 14.2. The molecule has 194 valence electrons. The van der Waals surface area contributed by atoms with Gasteiger partial charge in [0.2, 0.25) is 5.91 Å². The van der Waals surface area contributed by atoms with Gasteiger partial charge in [0.15, 0.2) is 5.69 Å². The van der Waals surface area contributed by atoms with Gasteiger partial charge in [0.1, 0.15) is 16.7 Å². The zero-order chi connectivity index (χ0) is 26.5. The number of primary amides is 1. The molecule has 4 rings (SSSR count). The van der Waals surface area contributed by atoms with Gasteiger partial charge in [0.25, 0.3) is 11.8 Å². The number of amides is 3. The average Bonchev–Trinajstić information content (AvgIpc) is 3.29. The van der Waals surface area contributed by atoms with Crippen LogP contribution in [0, 0.1) is 5.82 Å². The molecule has 3 amide bonds. The lowest BCUT2D eigenvalue weighted by molar-refractivity contribution is -0.123. The van der Waals surface area contributed by atoms with Crippen molar-refractivity contribution in [2.75, 3.05) is 10.6 Å². The monoisotopic (exact) mass is 523 g/mol. The number of para-hydroxylation sites is 1. The summed E-state index contributed by atoms with van der Waals surface area (Å²) < 4.78 is 17.9. The summed E-state index contributed by atoms with van der Waals surface area (Å²) in [5.41, 5.74) is 13.0. The minimum atomic E-state index is -1.12. The zero-order valence-electron chi connectivity index (χ0n) is 20.6. The Morgan fingerprint density at radius 2 is 1.78 bits per heavy atom. The molecule has 8 nitrogen and oxygen atoms in total. The summed E-state index contributed by atoms with van der Waals surface area (Å²) in [6.07, 6.45) is 5.44. The van der Waals surface area contributed by atoms with Crippen molar-refractivity contribution in [1.82, 2.24) is 9.69 Å². The number of carbonyl (C=O) groups is 3. The average molecular weight is 524 g/mol. The van der Waals surface area contributed by atoms with E-state index in [0.29, 0.717) is 17.7 Å². The molecule has 1 fully saturated rings. The maximum absolute atomic E-state index is 14.2. The molecule has 0 aliphatic heterocycles. The molecule has 1 saturated carbocycles. The molecule has 5 N–H and O–H groups in total. The van der Waals surface area contributed by atoms with E-state index in [2.05, 4.69) is 9.69 Å². The summed E-state index contributed by atoms with van der Waals surface area (Å²) in [4.78, 5) is 41.2. The van der Waals surface area contributed by atoms with Crippen LogP contribution in [0.4, 0.5) is 15.8 Å². The molecule has 0 saturated heterocycles. The molecule has 0 bridgehead atoms. The van der Waals surface area contributed by atoms with Gasteiger partial charge in [-0.05, 0) is 60.1 Å². The second-order valence-electron chi connectivity index (χ2n) is 9.09. The van der Waals surface area contributed by atoms with Gasteiger partial charge >= 0.3 is 0 Å². The van der Waals surface area contributed by atoms with E-state index in [9.17, 15) is 18.8 Å². The number of benzene rings is 2. The summed E-state index contributed by atoms with van der Waals surface area (Å²) in [6.45, 7) is 1.95. The van der Waals surface area contributed by atoms with E-state index in [1.54, 1.807) is 12.1 Å². The van der Waals surface area contributed by atoms with Crippen LogP contribution in [0.1, 0.15) is 76.4 Å². The van der Waals surface area contributed by atoms with Crippen molar-refractivity contribution in [3.05, 3.63) is 76.0 Å². The second-order valence-corrected chi connectivity index (χ2v) is 9.87. The topological polar surface area (TPSA) is 131 Å². The number of carbonyl (C=O) groups excluding carboxylic acids is 3. The van der Waals surface area contributed by atoms with E-state index >= 15 is 0 Å². The van der Waals surface area contributed by atoms with Crippen molar-refractivity contribution in [1.29, 1.82) is 0 Å². The van der Waals surface area contributed by atoms with Crippen LogP contribution in [-0.4, -0.2) is 28.1 Å². The highest BCUT2D eigenvalue weighted by atomic mass is 32.1. The highest BCUT2D eigenvalue weighted by molar-refractivity contribution is 7.09. The Bertz CT molecular complexity index is 1290. The molecule has 0 unspecified atom stereocenters. The van der Waals surface area contributed by atoms with Crippen LogP contribution in [0.2, 0.25) is 0 Å². The summed E-state index contributed by atoms with van der Waals surface area (Å²) in [5.74, 6) is -2.29. The van der Waals surface area contributed by atoms with Gasteiger partial charge in [-0.15, -0.1) is 0 Å². The van der Waals surface area contributed by atoms with E-state index < -0.39 is 23.7 Å². The number of nitrogens with one attached hydrogen (secondary N) is 1. The van der Waals surface area contributed by atoms with E-state index in [1.165, 1.54) is 29.2 Å². The second kappa shape index (κ2) is 11.5. The lowest BCUT2D eigenvalue weighted by atomic mass is 9.94. The van der Waals surface area contributed by atoms with E-state index in [4.69, 9.17) is 11.5 Å². The summed E-state index contributed by atoms with van der Waals surface area (Å²) in [5, 5.41) is 3.12. The van der Waals surface area contributed by atoms with Crippen molar-refractivity contribution in [3.8, 4) is 0 Å². The van der Waals surface area contributed by atoms with Crippen molar-refractivity contribution < 1.29 is 18.8 Å². The molecule has 1 aliphatic rings. The number of halogens is 1. The van der Waals surface area contributed by atoms with Crippen LogP contribution in [0.3, 0.4) is 0 Å². The first-order valence-electron chi connectivity index (χ1n) is 12.3. The number of aryl methyl sites for hydroxylation is 1. The number of hydrogen-bond donors (Lipinski definition) is 3. The number of aromatic nitrogens is 1. The Morgan fingerprint density at radius 3 is 2.41 bits per heavy atom. The molecular formula is C27H30FN5O3S. The molecule has 3 aromatic rings. The molecule has 37 heavy (non-hydrogen) atoms. The summed E-state index contributed by atoms with van der Waals surface area (Å²) >= 11 is 0.753. The lowest BCUT2D eigenvalue weighted by Gasteiger charge is -2.34. The molecule has 1 aromatic heterocycles. The molecule has 2 aromatic carbocycles. The quantitative estimate of drug-likeness (QED) is 0.404. The molecule has 1 atom stereocenters. The van der Waals surface area contributed by atoms with Gasteiger partial charge < -0.3 is 16.8 Å². The minimum absolute atomic E-state index is 0.00251. The van der Waals surface area contributed by atoms with E-state index in [0.717, 1.165) is 49.2 Å². The van der Waals surface area contributed by atoms with Gasteiger partial charge in [0, 0.05) is 11.7 Å². The number of nitrogens with zero attached hydrogens (tertiary/aromatic N) is 2. The van der Waals surface area contributed by atoms with Crippen LogP contribution in [0.25, 0.3) is 0 Å². The number of rotatable bonds is 8. The number of nitrogen functional groups attached to an aromatic ring is 1. The minimum Gasteiger partial charge on any atom is -0.395 e. The predicted molar refractivity (Wildman–Crippen MR) is 142 cm³/mol. The predicted octanol–water partition coefficient (Wildman–Crippen LogP) is 4.36. The van der Waals surface area contributed by atoms with Gasteiger partial charge in [-0.25, -0.2) is 4.39 Å². The molecule has 10 heteroatoms. The Labute approximate surface area is 219 Å². The third-order valence-corrected chi connectivity index (χ3v) is 7.50. The van der Waals surface area contributed by atoms with Gasteiger partial charge in [-0.1, -0.05) is 56.5 Å². The van der Waals surface area contributed by atoms with Gasteiger partial charge in [0.05, 0.1) is 5.69 Å². The first-order valence-corrected chi connectivity index (χ1v) is 13.1. The maximum Gasteiger partial charge on any atom is 0.273 e. The number of nitrogens with two attached hydrogens (primary N) is 2. The number of anilines is 2. The third kappa shape index (κ3) is 5.64. The largest absolute Gasteiger partial charge is 0.395 e. The van der Waals surface area contributed by atoms with Crippen LogP contribution in [-0.2, 0) is 11.2 Å². The lowest BCUT2D eigenvalue weighted by Crippen LogP contribution is -2.47. The zero-order valence-corrected chi connectivity index (χ0v) is 21.4. The molecular weight excluding hydrogens is 493 g/mol. The van der Waals surface area contributed by atoms with Gasteiger partial charge in [-0.3, -0.25) is 19.3 Å². The Hall–Kier alpha value is -3.79. The molecule has 1 heterocycles. The first-order chi connectivity index (χ1) is 17.8. The van der Waals surface area contributed by atoms with Crippen molar-refractivity contribution in [2.24, 2.45) is 5.73 Å². The van der Waals surface area contributed by atoms with E-state index in [1.807, 2.05) is 19.1 Å². The molecule has 0 spiro atoms. The standard InChI is InChI=1S/C27H30FN5O3S/c1-2-16-8-6-7-11-20(16)33(27(36)24-21(29)22(25(30)34)32-37-24)23(17-12-14-18(28)15-13-17)26(35)31-19-9-4-3-5-10-19/h6-8,11-15,19,23H,2-5,9-10,29H2,1H3,(H2,30,34)(H,31,35)/t23-/m0/s1. The fourth-order valence-electron chi connectivity index (χ4n) is 4.74. The Morgan fingerprint density at radius 1 is 1.11 bits per heavy atom. The third-order valence-electron chi connectivity index (χ3n) is 6.65. The highest BCUT2D eigenvalue weighted by Gasteiger charge is 2.37. The van der Waals surface area contributed by atoms with Crippen LogP contribution in [0.15, 0.2) is 48.5 Å². The van der Waals surface area contributed by atoms with Crippen LogP contribution < -0.4 is 21.7 Å². The van der Waals surface area contributed by atoms with Crippen molar-refractivity contribution >= 4 is 40.6 Å². The fraction of sp³-hybridized carbons (Fsp3) is 0.333. The van der Waals surface area contributed by atoms with Crippen molar-refractivity contribution in [2.45, 2.75) is 57.5 Å². The normalized spacial score (nSPS) is 14.6. The van der Waals surface area contributed by atoms with Gasteiger partial charge in [-0.2, -0.15) is 4.37 Å². The Kier molecular flexibility index (Phi) is 8.17. The first kappa shape index (κ1) is 26.3. The Balaban J connectivity index is 1.87. The van der Waals surface area contributed by atoms with Crippen LogP contribution >= 0.6 is 11.5 Å². The highest BCUT2D eigenvalue weighted by Crippen LogP contribution is 2.35. The SMILES string of the molecule is CCc1ccccc1N(C(=O)c1snc(C(N)=O)c1N)[C@H](C(=O)NC1CCCCC1)c1ccc(F)cc1. The summed E-state index contributed by atoms with van der Waals surface area (Å²) in [6, 6.07) is 11.6. The molecule has 1 aliphatic carbocycles. The smallest absolute Gasteiger partial charge is 0.273 e. The summed E-state index contributed by atoms with van der Waals surface area (Å²) in [7, 11) is 0. The van der Waals surface area contributed by atoms with Crippen LogP contribution in [0.5, 0.6) is 0 Å².